The lowest BCUT2D eigenvalue weighted by Gasteiger charge is -2.48. The second kappa shape index (κ2) is 8.18. The van der Waals surface area contributed by atoms with Crippen LogP contribution in [0.2, 0.25) is 0 Å². The van der Waals surface area contributed by atoms with Crippen molar-refractivity contribution in [3.8, 4) is 0 Å². The minimum atomic E-state index is -1.37. The normalized spacial score (nSPS) is 24.9. The Kier molecular flexibility index (Phi) is 5.57. The second-order valence-corrected chi connectivity index (χ2v) is 11.9. The maximum atomic E-state index is 13.6. The molecule has 0 N–H and O–H groups in total. The minimum absolute atomic E-state index is 0.0230. The first-order valence-corrected chi connectivity index (χ1v) is 12.6. The second-order valence-electron chi connectivity index (χ2n) is 9.37. The molecule has 2 saturated heterocycles. The van der Waals surface area contributed by atoms with Crippen LogP contribution in [0.25, 0.3) is 0 Å². The molecule has 33 heavy (non-hydrogen) atoms. The molecule has 2 aromatic rings. The average molecular weight is 533 g/mol. The van der Waals surface area contributed by atoms with Gasteiger partial charge in [0.2, 0.25) is 11.8 Å². The highest BCUT2D eigenvalue weighted by molar-refractivity contribution is 9.11. The molecule has 0 aliphatic carbocycles. The van der Waals surface area contributed by atoms with Gasteiger partial charge in [0.25, 0.3) is 5.56 Å². The summed E-state index contributed by atoms with van der Waals surface area (Å²) >= 11 is 4.96. The van der Waals surface area contributed by atoms with Crippen molar-refractivity contribution in [2.24, 2.45) is 11.3 Å². The first-order chi connectivity index (χ1) is 15.7. The van der Waals surface area contributed by atoms with Crippen molar-refractivity contribution >= 4 is 45.1 Å². The van der Waals surface area contributed by atoms with E-state index >= 15 is 0 Å². The van der Waals surface area contributed by atoms with E-state index in [1.54, 1.807) is 12.1 Å². The quantitative estimate of drug-likeness (QED) is 0.564. The molecule has 5 rings (SSSR count). The molecule has 3 aliphatic heterocycles. The number of nitrogens with zero attached hydrogens (tertiary/aromatic N) is 4. The summed E-state index contributed by atoms with van der Waals surface area (Å²) in [6, 6.07) is 8.62. The Hall–Kier alpha value is -2.30. The molecule has 2 fully saturated rings. The molecular weight excluding hydrogens is 508 g/mol. The number of carbonyl (C=O) groups is 3. The lowest BCUT2D eigenvalue weighted by atomic mass is 9.76. The number of hydrogen-bond donors (Lipinski definition) is 0. The summed E-state index contributed by atoms with van der Waals surface area (Å²) in [6.45, 7) is 2.26. The van der Waals surface area contributed by atoms with E-state index in [4.69, 9.17) is 0 Å². The molecule has 5 heterocycles. The Bertz CT molecular complexity index is 1180. The molecule has 2 aromatic heterocycles. The Balaban J connectivity index is 1.50. The van der Waals surface area contributed by atoms with Crippen molar-refractivity contribution in [1.29, 1.82) is 0 Å². The maximum absolute atomic E-state index is 13.6. The van der Waals surface area contributed by atoms with Crippen molar-refractivity contribution in [2.45, 2.75) is 25.3 Å². The van der Waals surface area contributed by atoms with Gasteiger partial charge in [0.05, 0.1) is 3.79 Å². The third-order valence-corrected chi connectivity index (χ3v) is 8.78. The van der Waals surface area contributed by atoms with Gasteiger partial charge in [-0.1, -0.05) is 6.07 Å². The van der Waals surface area contributed by atoms with Crippen LogP contribution in [0.1, 0.15) is 22.9 Å². The summed E-state index contributed by atoms with van der Waals surface area (Å²) in [5.41, 5.74) is -0.329. The first-order valence-electron chi connectivity index (χ1n) is 11.0. The predicted octanol–water partition coefficient (Wildman–Crippen LogP) is 2.37. The van der Waals surface area contributed by atoms with Gasteiger partial charge in [-0.3, -0.25) is 24.2 Å². The van der Waals surface area contributed by atoms with Crippen LogP contribution < -0.4 is 5.56 Å². The highest BCUT2D eigenvalue weighted by atomic mass is 79.9. The SMILES string of the molecule is CN1C(=O)N(C)C(=O)C(Cc2ccc(Br)s2)(CN2CC3C[C@@H](C2)c2cccc(=O)n2C3)C1=O. The van der Waals surface area contributed by atoms with Crippen LogP contribution in [0.15, 0.2) is 38.9 Å². The summed E-state index contributed by atoms with van der Waals surface area (Å²) in [7, 11) is 2.89. The summed E-state index contributed by atoms with van der Waals surface area (Å²) in [6.07, 6.45) is 1.23. The lowest BCUT2D eigenvalue weighted by molar-refractivity contribution is -0.159. The van der Waals surface area contributed by atoms with Crippen LogP contribution >= 0.6 is 27.3 Å². The number of rotatable bonds is 4. The molecule has 4 amide bonds. The standard InChI is InChI=1S/C23H25BrN4O4S/c1-25-20(30)23(21(31)26(2)22(25)32,9-16-6-7-18(24)33-16)13-27-10-14-8-15(12-27)17-4-3-5-19(29)28(17)11-14/h3-7,14-15H,8-13H2,1-2H3/t14?,15-/m0/s1. The largest absolute Gasteiger partial charge is 0.332 e. The molecular formula is C23H25BrN4O4S. The number of fused-ring (bicyclic) bond motifs is 4. The molecule has 0 spiro atoms. The molecule has 8 nitrogen and oxygen atoms in total. The third kappa shape index (κ3) is 3.68. The first kappa shape index (κ1) is 22.5. The number of likely N-dealkylation sites (tertiary alicyclic amines) is 1. The lowest BCUT2D eigenvalue weighted by Crippen LogP contribution is -2.67. The fourth-order valence-corrected chi connectivity index (χ4v) is 7.32. The van der Waals surface area contributed by atoms with Crippen LogP contribution in [0, 0.1) is 11.3 Å². The summed E-state index contributed by atoms with van der Waals surface area (Å²) in [4.78, 5) is 57.2. The number of halogens is 1. The smallest absolute Gasteiger partial charge is 0.312 e. The molecule has 3 aliphatic rings. The van der Waals surface area contributed by atoms with Crippen LogP contribution in [-0.2, 0) is 22.6 Å². The summed E-state index contributed by atoms with van der Waals surface area (Å²) in [5, 5.41) is 0. The number of aromatic nitrogens is 1. The summed E-state index contributed by atoms with van der Waals surface area (Å²) in [5.74, 6) is -0.458. The fraction of sp³-hybridized carbons (Fsp3) is 0.478. The van der Waals surface area contributed by atoms with Crippen molar-refractivity contribution in [3.63, 3.8) is 0 Å². The number of piperidine rings is 1. The van der Waals surface area contributed by atoms with Crippen LogP contribution in [0.4, 0.5) is 4.79 Å². The molecule has 2 atom stereocenters. The van der Waals surface area contributed by atoms with E-state index < -0.39 is 23.3 Å². The van der Waals surface area contributed by atoms with Gasteiger partial charge in [-0.2, -0.15) is 0 Å². The molecule has 2 bridgehead atoms. The van der Waals surface area contributed by atoms with E-state index in [0.29, 0.717) is 19.6 Å². The van der Waals surface area contributed by atoms with Crippen LogP contribution in [0.5, 0.6) is 0 Å². The van der Waals surface area contributed by atoms with Gasteiger partial charge in [-0.25, -0.2) is 4.79 Å². The van der Waals surface area contributed by atoms with Gasteiger partial charge >= 0.3 is 6.03 Å². The Morgan fingerprint density at radius 1 is 1.00 bits per heavy atom. The van der Waals surface area contributed by atoms with E-state index in [-0.39, 0.29) is 30.4 Å². The zero-order chi connectivity index (χ0) is 23.5. The molecule has 174 valence electrons. The van der Waals surface area contributed by atoms with Gasteiger partial charge < -0.3 is 9.47 Å². The van der Waals surface area contributed by atoms with Crippen molar-refractivity contribution in [2.75, 3.05) is 33.7 Å². The minimum Gasteiger partial charge on any atom is -0.312 e. The predicted molar refractivity (Wildman–Crippen MR) is 127 cm³/mol. The van der Waals surface area contributed by atoms with Gasteiger partial charge in [0.15, 0.2) is 0 Å². The Labute approximate surface area is 203 Å². The van der Waals surface area contributed by atoms with E-state index in [1.807, 2.05) is 22.8 Å². The number of barbiturate groups is 1. The highest BCUT2D eigenvalue weighted by Gasteiger charge is 2.56. The average Bonchev–Trinajstić information content (AvgIpc) is 3.20. The van der Waals surface area contributed by atoms with Gasteiger partial charge in [0.1, 0.15) is 5.41 Å². The van der Waals surface area contributed by atoms with Gasteiger partial charge in [-0.15, -0.1) is 11.3 Å². The zero-order valence-electron chi connectivity index (χ0n) is 18.5. The monoisotopic (exact) mass is 532 g/mol. The molecule has 0 saturated carbocycles. The van der Waals surface area contributed by atoms with Crippen LogP contribution in [0.3, 0.4) is 0 Å². The number of imide groups is 2. The van der Waals surface area contributed by atoms with E-state index in [2.05, 4.69) is 20.8 Å². The molecule has 1 unspecified atom stereocenters. The topological polar surface area (TPSA) is 82.9 Å². The molecule has 0 aromatic carbocycles. The van der Waals surface area contributed by atoms with Gasteiger partial charge in [-0.05, 0) is 46.5 Å². The van der Waals surface area contributed by atoms with Crippen molar-refractivity contribution < 1.29 is 14.4 Å². The van der Waals surface area contributed by atoms with Crippen molar-refractivity contribution in [3.05, 3.63) is 55.0 Å². The number of hydrogen-bond acceptors (Lipinski definition) is 6. The maximum Gasteiger partial charge on any atom is 0.332 e. The number of pyridine rings is 1. The van der Waals surface area contributed by atoms with Gasteiger partial charge in [0, 0.05) is 69.3 Å². The fourth-order valence-electron chi connectivity index (χ4n) is 5.73. The van der Waals surface area contributed by atoms with Crippen LogP contribution in [-0.4, -0.2) is 70.8 Å². The van der Waals surface area contributed by atoms with Crippen molar-refractivity contribution in [1.82, 2.24) is 19.3 Å². The Morgan fingerprint density at radius 2 is 1.73 bits per heavy atom. The van der Waals surface area contributed by atoms with E-state index in [0.717, 1.165) is 30.6 Å². The molecule has 0 radical (unpaired) electrons. The number of amides is 4. The van der Waals surface area contributed by atoms with E-state index in [1.165, 1.54) is 25.4 Å². The number of thiophene rings is 1. The molecule has 10 heteroatoms. The highest BCUT2D eigenvalue weighted by Crippen LogP contribution is 2.40. The zero-order valence-corrected chi connectivity index (χ0v) is 20.9. The number of urea groups is 1. The third-order valence-electron chi connectivity index (χ3n) is 7.16. The Morgan fingerprint density at radius 3 is 2.39 bits per heavy atom. The summed E-state index contributed by atoms with van der Waals surface area (Å²) < 4.78 is 2.79. The number of carbonyl (C=O) groups excluding carboxylic acids is 3. The van der Waals surface area contributed by atoms with E-state index in [9.17, 15) is 19.2 Å².